The third-order valence-corrected chi connectivity index (χ3v) is 10.2. The SMILES string of the molecule is C=C/C=C\C(=C/C)CN1CC(C)C(c2nn3c(C4CCN(C(=O)OCC5c6ccccc6-c6ccccc65)CC4)ncc3c(=O)[nH]2)C1. The molecule has 2 aromatic carbocycles. The number of H-pyrrole nitrogens is 1. The van der Waals surface area contributed by atoms with Crippen LogP contribution in [0.15, 0.2) is 96.0 Å². The number of likely N-dealkylation sites (tertiary alicyclic amines) is 2. The summed E-state index contributed by atoms with van der Waals surface area (Å²) in [5, 5.41) is 4.98. The van der Waals surface area contributed by atoms with Crippen molar-refractivity contribution in [2.45, 2.75) is 44.4 Å². The fourth-order valence-corrected chi connectivity index (χ4v) is 7.63. The van der Waals surface area contributed by atoms with E-state index in [1.807, 2.05) is 18.2 Å². The number of rotatable bonds is 8. The smallest absolute Gasteiger partial charge is 0.409 e. The molecule has 3 aliphatic rings. The second kappa shape index (κ2) is 13.2. The Labute approximate surface area is 275 Å². The number of hydrogen-bond donors (Lipinski definition) is 1. The maximum atomic E-state index is 13.2. The number of imidazole rings is 1. The highest BCUT2D eigenvalue weighted by Gasteiger charge is 2.35. The van der Waals surface area contributed by atoms with Gasteiger partial charge in [0, 0.05) is 50.5 Å². The lowest BCUT2D eigenvalue weighted by atomic mass is 9.96. The molecule has 0 bridgehead atoms. The normalized spacial score (nSPS) is 20.6. The van der Waals surface area contributed by atoms with Crippen LogP contribution in [-0.4, -0.2) is 74.8 Å². The van der Waals surface area contributed by atoms with E-state index in [1.54, 1.807) is 21.7 Å². The lowest BCUT2D eigenvalue weighted by molar-refractivity contribution is 0.0899. The number of fused-ring (bicyclic) bond motifs is 4. The van der Waals surface area contributed by atoms with Crippen LogP contribution in [0.1, 0.15) is 67.2 Å². The van der Waals surface area contributed by atoms with Gasteiger partial charge in [-0.05, 0) is 53.5 Å². The minimum atomic E-state index is -0.282. The Bertz CT molecular complexity index is 1870. The van der Waals surface area contributed by atoms with Gasteiger partial charge in [0.2, 0.25) is 0 Å². The average molecular weight is 631 g/mol. The molecule has 2 atom stereocenters. The van der Waals surface area contributed by atoms with Gasteiger partial charge in [0.15, 0.2) is 5.52 Å². The predicted molar refractivity (Wildman–Crippen MR) is 184 cm³/mol. The topological polar surface area (TPSA) is 95.8 Å². The number of nitrogens with zero attached hydrogens (tertiary/aromatic N) is 5. The number of ether oxygens (including phenoxy) is 1. The Balaban J connectivity index is 1.00. The first-order valence-corrected chi connectivity index (χ1v) is 16.7. The van der Waals surface area contributed by atoms with E-state index in [2.05, 4.69) is 83.8 Å². The van der Waals surface area contributed by atoms with E-state index in [9.17, 15) is 9.59 Å². The standard InChI is InChI=1S/C38H42N6O3/c1-4-6-11-26(5-2)22-42-21-25(3)32(23-42)35-40-37(45)34-20-39-36(44(34)41-35)27-16-18-43(19-17-27)38(46)47-24-33-30-14-9-7-12-28(30)29-13-8-10-15-31(29)33/h4-15,20,25,27,32-33H,1,16-19,21-24H2,2-3H3,(H,40,41,45)/b11-6-,26-5+. The maximum absolute atomic E-state index is 13.2. The number of carbonyl (C=O) groups is 1. The summed E-state index contributed by atoms with van der Waals surface area (Å²) in [4.78, 5) is 38.4. The number of amides is 1. The Morgan fingerprint density at radius 1 is 1.06 bits per heavy atom. The Morgan fingerprint density at radius 2 is 1.77 bits per heavy atom. The molecule has 0 radical (unpaired) electrons. The molecule has 2 fully saturated rings. The Hall–Kier alpha value is -4.76. The van der Waals surface area contributed by atoms with Crippen LogP contribution in [0.2, 0.25) is 0 Å². The largest absolute Gasteiger partial charge is 0.448 e. The quantitative estimate of drug-likeness (QED) is 0.231. The lowest BCUT2D eigenvalue weighted by Gasteiger charge is -2.31. The molecule has 47 heavy (non-hydrogen) atoms. The van der Waals surface area contributed by atoms with Crippen LogP contribution in [0.3, 0.4) is 0 Å². The molecule has 0 saturated carbocycles. The summed E-state index contributed by atoms with van der Waals surface area (Å²) in [6, 6.07) is 16.7. The van der Waals surface area contributed by atoms with E-state index in [-0.39, 0.29) is 29.4 Å². The van der Waals surface area contributed by atoms with Crippen molar-refractivity contribution >= 4 is 11.6 Å². The first kappa shape index (κ1) is 30.9. The molecule has 0 spiro atoms. The van der Waals surface area contributed by atoms with Crippen LogP contribution >= 0.6 is 0 Å². The Morgan fingerprint density at radius 3 is 2.45 bits per heavy atom. The second-order valence-corrected chi connectivity index (χ2v) is 13.1. The molecular formula is C38H42N6O3. The molecule has 1 aliphatic carbocycles. The molecule has 1 N–H and O–H groups in total. The van der Waals surface area contributed by atoms with Gasteiger partial charge in [-0.1, -0.05) is 86.3 Å². The van der Waals surface area contributed by atoms with Crippen molar-refractivity contribution in [2.75, 3.05) is 39.3 Å². The van der Waals surface area contributed by atoms with Crippen LogP contribution in [0.4, 0.5) is 4.79 Å². The first-order valence-electron chi connectivity index (χ1n) is 16.7. The van der Waals surface area contributed by atoms with Crippen molar-refractivity contribution in [2.24, 2.45) is 5.92 Å². The van der Waals surface area contributed by atoms with Crippen LogP contribution in [0.5, 0.6) is 0 Å². The number of aromatic nitrogens is 4. The number of hydrogen-bond acceptors (Lipinski definition) is 6. The van der Waals surface area contributed by atoms with Gasteiger partial charge in [0.05, 0.1) is 6.20 Å². The van der Waals surface area contributed by atoms with Crippen molar-refractivity contribution in [1.82, 2.24) is 29.4 Å². The summed E-state index contributed by atoms with van der Waals surface area (Å²) in [5.41, 5.74) is 6.36. The molecule has 1 amide bonds. The van der Waals surface area contributed by atoms with Crippen LogP contribution < -0.4 is 5.56 Å². The number of benzene rings is 2. The van der Waals surface area contributed by atoms with Gasteiger partial charge >= 0.3 is 6.09 Å². The van der Waals surface area contributed by atoms with Crippen LogP contribution in [0.25, 0.3) is 16.6 Å². The first-order chi connectivity index (χ1) is 22.9. The molecule has 9 nitrogen and oxygen atoms in total. The fraction of sp³-hybridized carbons (Fsp3) is 0.368. The van der Waals surface area contributed by atoms with Gasteiger partial charge in [-0.25, -0.2) is 14.3 Å². The highest BCUT2D eigenvalue weighted by molar-refractivity contribution is 5.79. The highest BCUT2D eigenvalue weighted by atomic mass is 16.6. The zero-order valence-corrected chi connectivity index (χ0v) is 27.1. The molecule has 2 aromatic heterocycles. The van der Waals surface area contributed by atoms with E-state index in [4.69, 9.17) is 9.84 Å². The van der Waals surface area contributed by atoms with Gasteiger partial charge in [0.1, 0.15) is 18.3 Å². The van der Waals surface area contributed by atoms with Crippen molar-refractivity contribution in [3.05, 3.63) is 124 Å². The monoisotopic (exact) mass is 630 g/mol. The fourth-order valence-electron chi connectivity index (χ4n) is 7.63. The van der Waals surface area contributed by atoms with Crippen molar-refractivity contribution in [1.29, 1.82) is 0 Å². The third-order valence-electron chi connectivity index (χ3n) is 10.2. The van der Waals surface area contributed by atoms with Crippen molar-refractivity contribution in [3.8, 4) is 11.1 Å². The number of nitrogens with one attached hydrogen (secondary N) is 1. The number of allylic oxidation sites excluding steroid dienone is 3. The maximum Gasteiger partial charge on any atom is 0.409 e. The molecule has 7 rings (SSSR count). The average Bonchev–Trinajstić information content (AvgIpc) is 3.79. The molecule has 2 aliphatic heterocycles. The molecular weight excluding hydrogens is 588 g/mol. The Kier molecular flexibility index (Phi) is 8.64. The summed E-state index contributed by atoms with van der Waals surface area (Å²) >= 11 is 0. The molecule has 9 heteroatoms. The van der Waals surface area contributed by atoms with Crippen molar-refractivity contribution in [3.63, 3.8) is 0 Å². The van der Waals surface area contributed by atoms with Crippen LogP contribution in [0, 0.1) is 5.92 Å². The molecule has 2 saturated heterocycles. The van der Waals surface area contributed by atoms with E-state index in [0.717, 1.165) is 38.3 Å². The van der Waals surface area contributed by atoms with E-state index in [1.165, 1.54) is 27.8 Å². The van der Waals surface area contributed by atoms with Gasteiger partial charge in [0.25, 0.3) is 5.56 Å². The van der Waals surface area contributed by atoms with E-state index < -0.39 is 0 Å². The highest BCUT2D eigenvalue weighted by Crippen LogP contribution is 2.44. The number of carbonyl (C=O) groups excluding carboxylic acids is 1. The molecule has 242 valence electrons. The summed E-state index contributed by atoms with van der Waals surface area (Å²) in [6.07, 6.45) is 10.8. The summed E-state index contributed by atoms with van der Waals surface area (Å²) in [6.45, 7) is 12.1. The summed E-state index contributed by atoms with van der Waals surface area (Å²) < 4.78 is 7.68. The number of piperidine rings is 1. The van der Waals surface area contributed by atoms with Crippen molar-refractivity contribution < 1.29 is 9.53 Å². The molecule has 4 heterocycles. The lowest BCUT2D eigenvalue weighted by Crippen LogP contribution is -2.39. The van der Waals surface area contributed by atoms with Gasteiger partial charge < -0.3 is 14.6 Å². The minimum Gasteiger partial charge on any atom is -0.448 e. The van der Waals surface area contributed by atoms with Crippen LogP contribution in [-0.2, 0) is 4.74 Å². The van der Waals surface area contributed by atoms with E-state index >= 15 is 0 Å². The minimum absolute atomic E-state index is 0.0347. The molecule has 2 unspecified atom stereocenters. The third kappa shape index (κ3) is 5.96. The van der Waals surface area contributed by atoms with E-state index in [0.29, 0.717) is 37.0 Å². The predicted octanol–water partition coefficient (Wildman–Crippen LogP) is 6.27. The zero-order valence-electron chi connectivity index (χ0n) is 27.1. The summed E-state index contributed by atoms with van der Waals surface area (Å²) in [5.74, 6) is 2.06. The number of aromatic amines is 1. The summed E-state index contributed by atoms with van der Waals surface area (Å²) in [7, 11) is 0. The molecule has 4 aromatic rings. The van der Waals surface area contributed by atoms with Gasteiger partial charge in [-0.3, -0.25) is 9.69 Å². The van der Waals surface area contributed by atoms with Gasteiger partial charge in [-0.15, -0.1) is 0 Å². The second-order valence-electron chi connectivity index (χ2n) is 13.1. The van der Waals surface area contributed by atoms with Gasteiger partial charge in [-0.2, -0.15) is 5.10 Å². The zero-order chi connectivity index (χ0) is 32.5.